The van der Waals surface area contributed by atoms with E-state index in [1.807, 2.05) is 42.5 Å². The van der Waals surface area contributed by atoms with Gasteiger partial charge in [-0.05, 0) is 41.0 Å². The van der Waals surface area contributed by atoms with Crippen LogP contribution >= 0.6 is 0 Å². The summed E-state index contributed by atoms with van der Waals surface area (Å²) in [5.74, 6) is 0.301. The largest absolute Gasteiger partial charge is 0.508 e. The van der Waals surface area contributed by atoms with Crippen LogP contribution in [0.2, 0.25) is 0 Å². The lowest BCUT2D eigenvalue weighted by atomic mass is 9.65. The third-order valence-corrected chi connectivity index (χ3v) is 6.54. The maximum atomic E-state index is 13.1. The van der Waals surface area contributed by atoms with Gasteiger partial charge in [0, 0.05) is 13.0 Å². The van der Waals surface area contributed by atoms with Crippen molar-refractivity contribution in [3.05, 3.63) is 65.7 Å². The lowest BCUT2D eigenvalue weighted by Crippen LogP contribution is -2.68. The highest BCUT2D eigenvalue weighted by Crippen LogP contribution is 2.43. The van der Waals surface area contributed by atoms with E-state index < -0.39 is 12.1 Å². The molecular formula is C23H26N2O3. The molecule has 0 spiro atoms. The molecule has 2 N–H and O–H groups in total. The number of piperidine rings is 1. The Morgan fingerprint density at radius 1 is 1.14 bits per heavy atom. The summed E-state index contributed by atoms with van der Waals surface area (Å²) in [5.41, 5.74) is 1.75. The first-order valence-corrected chi connectivity index (χ1v) is 9.83. The van der Waals surface area contributed by atoms with Gasteiger partial charge in [-0.15, -0.1) is 0 Å². The van der Waals surface area contributed by atoms with Gasteiger partial charge in [-0.1, -0.05) is 56.3 Å². The topological polar surface area (TPSA) is 69.6 Å². The molecule has 5 nitrogen and oxygen atoms in total. The lowest BCUT2D eigenvalue weighted by molar-refractivity contribution is -0.154. The number of nitrogens with zero attached hydrogens (tertiary/aromatic N) is 1. The summed E-state index contributed by atoms with van der Waals surface area (Å²) in [5, 5.41) is 12.9. The van der Waals surface area contributed by atoms with E-state index in [0.717, 1.165) is 11.1 Å². The predicted molar refractivity (Wildman–Crippen MR) is 107 cm³/mol. The molecule has 146 valence electrons. The van der Waals surface area contributed by atoms with Gasteiger partial charge in [0.05, 0.1) is 0 Å². The van der Waals surface area contributed by atoms with Crippen molar-refractivity contribution in [2.24, 2.45) is 5.92 Å². The number of amides is 2. The molecule has 2 amide bonds. The van der Waals surface area contributed by atoms with Crippen molar-refractivity contribution in [2.45, 2.75) is 44.2 Å². The van der Waals surface area contributed by atoms with Crippen LogP contribution in [-0.4, -0.2) is 40.4 Å². The summed E-state index contributed by atoms with van der Waals surface area (Å²) in [6.07, 6.45) is 1.06. The van der Waals surface area contributed by atoms with Crippen LogP contribution in [0.3, 0.4) is 0 Å². The van der Waals surface area contributed by atoms with E-state index in [0.29, 0.717) is 19.4 Å². The van der Waals surface area contributed by atoms with E-state index in [2.05, 4.69) is 19.2 Å². The zero-order valence-electron chi connectivity index (χ0n) is 16.3. The molecule has 0 saturated carbocycles. The number of nitrogens with one attached hydrogen (secondary N) is 1. The standard InChI is InChI=1S/C23H26N2O3/c1-15-14-25-20(13-23(15,2)17-9-6-10-18(26)12-17)21(27)24-19(22(25)28)11-16-7-4-3-5-8-16/h3-10,12,15,19-20,26H,11,13-14H2,1-2H3,(H,24,27)/t15?,19?,20?,23-/m1/s1. The molecule has 3 unspecified atom stereocenters. The van der Waals surface area contributed by atoms with Crippen LogP contribution in [0.1, 0.15) is 31.4 Å². The monoisotopic (exact) mass is 378 g/mol. The van der Waals surface area contributed by atoms with Crippen molar-refractivity contribution in [1.29, 1.82) is 0 Å². The number of aromatic hydroxyl groups is 1. The first-order valence-electron chi connectivity index (χ1n) is 9.83. The summed E-state index contributed by atoms with van der Waals surface area (Å²) >= 11 is 0. The van der Waals surface area contributed by atoms with Crippen molar-refractivity contribution in [3.8, 4) is 5.75 Å². The highest BCUT2D eigenvalue weighted by Gasteiger charge is 2.50. The summed E-state index contributed by atoms with van der Waals surface area (Å²) in [6, 6.07) is 16.0. The van der Waals surface area contributed by atoms with Crippen molar-refractivity contribution in [2.75, 3.05) is 6.54 Å². The zero-order chi connectivity index (χ0) is 19.9. The Bertz CT molecular complexity index is 898. The molecule has 0 radical (unpaired) electrons. The third kappa shape index (κ3) is 3.15. The number of carbonyl (C=O) groups excluding carboxylic acids is 2. The molecule has 2 fully saturated rings. The van der Waals surface area contributed by atoms with E-state index in [1.54, 1.807) is 17.0 Å². The van der Waals surface area contributed by atoms with Gasteiger partial charge in [0.25, 0.3) is 0 Å². The molecule has 0 bridgehead atoms. The molecule has 2 heterocycles. The number of carbonyl (C=O) groups is 2. The summed E-state index contributed by atoms with van der Waals surface area (Å²) in [4.78, 5) is 27.8. The number of benzene rings is 2. The Hall–Kier alpha value is -2.82. The molecule has 4 atom stereocenters. The van der Waals surface area contributed by atoms with Gasteiger partial charge in [0.15, 0.2) is 0 Å². The van der Waals surface area contributed by atoms with Gasteiger partial charge in [-0.3, -0.25) is 9.59 Å². The minimum Gasteiger partial charge on any atom is -0.508 e. The molecule has 2 aromatic rings. The van der Waals surface area contributed by atoms with Crippen LogP contribution in [-0.2, 0) is 21.4 Å². The fourth-order valence-corrected chi connectivity index (χ4v) is 4.60. The van der Waals surface area contributed by atoms with Crippen LogP contribution in [0.25, 0.3) is 0 Å². The minimum atomic E-state index is -0.511. The molecule has 0 aromatic heterocycles. The van der Waals surface area contributed by atoms with Crippen LogP contribution in [0.4, 0.5) is 0 Å². The molecule has 2 saturated heterocycles. The van der Waals surface area contributed by atoms with Gasteiger partial charge in [-0.2, -0.15) is 0 Å². The Balaban J connectivity index is 1.58. The molecule has 5 heteroatoms. The molecule has 2 aromatic carbocycles. The fourth-order valence-electron chi connectivity index (χ4n) is 4.60. The normalized spacial score (nSPS) is 29.9. The number of phenols is 1. The summed E-state index contributed by atoms with van der Waals surface area (Å²) < 4.78 is 0. The molecule has 2 aliphatic heterocycles. The Labute approximate surface area is 165 Å². The highest BCUT2D eigenvalue weighted by atomic mass is 16.3. The molecule has 4 rings (SSSR count). The minimum absolute atomic E-state index is 0.00161. The molecule has 28 heavy (non-hydrogen) atoms. The van der Waals surface area contributed by atoms with Crippen molar-refractivity contribution >= 4 is 11.8 Å². The number of hydrogen-bond donors (Lipinski definition) is 2. The van der Waals surface area contributed by atoms with Crippen LogP contribution < -0.4 is 5.32 Å². The fraction of sp³-hybridized carbons (Fsp3) is 0.391. The third-order valence-electron chi connectivity index (χ3n) is 6.54. The second-order valence-corrected chi connectivity index (χ2v) is 8.33. The van der Waals surface area contributed by atoms with E-state index in [1.165, 1.54) is 0 Å². The summed E-state index contributed by atoms with van der Waals surface area (Å²) in [6.45, 7) is 4.78. The first-order chi connectivity index (χ1) is 13.4. The molecule has 0 aliphatic carbocycles. The quantitative estimate of drug-likeness (QED) is 0.863. The SMILES string of the molecule is CC1CN2C(=O)C(Cc3ccccc3)NC(=O)C2C[C@@]1(C)c1cccc(O)c1. The van der Waals surface area contributed by atoms with Crippen molar-refractivity contribution in [3.63, 3.8) is 0 Å². The van der Waals surface area contributed by atoms with Gasteiger partial charge in [0.2, 0.25) is 11.8 Å². The van der Waals surface area contributed by atoms with Crippen molar-refractivity contribution in [1.82, 2.24) is 10.2 Å². The van der Waals surface area contributed by atoms with E-state index in [-0.39, 0.29) is 28.9 Å². The van der Waals surface area contributed by atoms with E-state index in [9.17, 15) is 14.7 Å². The number of fused-ring (bicyclic) bond motifs is 1. The molecule has 2 aliphatic rings. The van der Waals surface area contributed by atoms with Gasteiger partial charge in [-0.25, -0.2) is 0 Å². The van der Waals surface area contributed by atoms with Crippen LogP contribution in [0.15, 0.2) is 54.6 Å². The summed E-state index contributed by atoms with van der Waals surface area (Å²) in [7, 11) is 0. The van der Waals surface area contributed by atoms with Gasteiger partial charge >= 0.3 is 0 Å². The van der Waals surface area contributed by atoms with Gasteiger partial charge < -0.3 is 15.3 Å². The number of rotatable bonds is 3. The van der Waals surface area contributed by atoms with E-state index in [4.69, 9.17) is 0 Å². The maximum absolute atomic E-state index is 13.1. The van der Waals surface area contributed by atoms with Crippen LogP contribution in [0, 0.1) is 5.92 Å². The average molecular weight is 378 g/mol. The maximum Gasteiger partial charge on any atom is 0.246 e. The Morgan fingerprint density at radius 2 is 1.89 bits per heavy atom. The molecular weight excluding hydrogens is 352 g/mol. The second-order valence-electron chi connectivity index (χ2n) is 8.33. The van der Waals surface area contributed by atoms with Gasteiger partial charge in [0.1, 0.15) is 17.8 Å². The first kappa shape index (κ1) is 18.5. The highest BCUT2D eigenvalue weighted by molar-refractivity contribution is 5.97. The smallest absolute Gasteiger partial charge is 0.246 e. The lowest BCUT2D eigenvalue weighted by Gasteiger charge is -2.51. The number of phenolic OH excluding ortho intramolecular Hbond substituents is 1. The Kier molecular flexibility index (Phi) is 4.61. The van der Waals surface area contributed by atoms with Crippen LogP contribution in [0.5, 0.6) is 5.75 Å². The zero-order valence-corrected chi connectivity index (χ0v) is 16.3. The second kappa shape index (κ2) is 6.97. The number of piperazine rings is 1. The van der Waals surface area contributed by atoms with E-state index >= 15 is 0 Å². The Morgan fingerprint density at radius 3 is 2.61 bits per heavy atom. The number of hydrogen-bond acceptors (Lipinski definition) is 3. The average Bonchev–Trinajstić information content (AvgIpc) is 2.68. The predicted octanol–water partition coefficient (Wildman–Crippen LogP) is 2.63. The van der Waals surface area contributed by atoms with Crippen molar-refractivity contribution < 1.29 is 14.7 Å².